The normalized spacial score (nSPS) is 14.8. The average Bonchev–Trinajstić information content (AvgIpc) is 3.28. The van der Waals surface area contributed by atoms with E-state index < -0.39 is 0 Å². The first-order chi connectivity index (χ1) is 30.1. The monoisotopic (exact) mass is 830 g/mol. The van der Waals surface area contributed by atoms with Gasteiger partial charge in [-0.05, 0) is 159 Å². The predicted octanol–water partition coefficient (Wildman–Crippen LogP) is 11.8. The first-order valence-corrected chi connectivity index (χ1v) is 21.8. The summed E-state index contributed by atoms with van der Waals surface area (Å²) >= 11 is 0. The van der Waals surface area contributed by atoms with Crippen LogP contribution in [0.25, 0.3) is 66.6 Å². The highest BCUT2D eigenvalue weighted by Crippen LogP contribution is 2.42. The van der Waals surface area contributed by atoms with Crippen molar-refractivity contribution in [3.05, 3.63) is 129 Å². The first-order valence-electron chi connectivity index (χ1n) is 21.8. The third-order valence-corrected chi connectivity index (χ3v) is 12.6. The number of aromatic nitrogens is 2. The van der Waals surface area contributed by atoms with Crippen LogP contribution in [0.15, 0.2) is 84.9 Å². The number of hydrogen-bond acceptors (Lipinski definition) is 8. The fourth-order valence-electron chi connectivity index (χ4n) is 8.99. The smallest absolute Gasteiger partial charge is 0.120 e. The number of nitrogens with zero attached hydrogens (tertiary/aromatic N) is 2. The van der Waals surface area contributed by atoms with Crippen LogP contribution in [0.4, 0.5) is 0 Å². The molecular formula is C54H58N2O6. The van der Waals surface area contributed by atoms with E-state index in [2.05, 4.69) is 128 Å². The van der Waals surface area contributed by atoms with Gasteiger partial charge in [0.25, 0.3) is 0 Å². The number of benzene rings is 5. The molecule has 320 valence electrons. The van der Waals surface area contributed by atoms with Gasteiger partial charge in [0, 0.05) is 21.9 Å². The second-order valence-electron chi connectivity index (χ2n) is 16.3. The predicted molar refractivity (Wildman–Crippen MR) is 251 cm³/mol. The minimum Gasteiger partial charge on any atom is -0.491 e. The maximum Gasteiger partial charge on any atom is 0.120 e. The molecule has 7 aromatic rings. The molecule has 10 rings (SSSR count). The molecule has 3 aliphatic rings. The quantitative estimate of drug-likeness (QED) is 0.140. The fourth-order valence-corrected chi connectivity index (χ4v) is 8.99. The molecule has 0 fully saturated rings. The van der Waals surface area contributed by atoms with Crippen LogP contribution in [-0.2, 0) is 18.9 Å². The highest BCUT2D eigenvalue weighted by atomic mass is 16.6. The molecule has 0 saturated carbocycles. The molecule has 0 radical (unpaired) electrons. The van der Waals surface area contributed by atoms with Crippen LogP contribution in [-0.4, -0.2) is 76.0 Å². The van der Waals surface area contributed by atoms with Crippen molar-refractivity contribution in [1.29, 1.82) is 0 Å². The van der Waals surface area contributed by atoms with Gasteiger partial charge in [0.2, 0.25) is 0 Å². The summed E-state index contributed by atoms with van der Waals surface area (Å²) < 4.78 is 35.2. The average molecular weight is 831 g/mol. The highest BCUT2D eigenvalue weighted by molar-refractivity contribution is 6.04. The van der Waals surface area contributed by atoms with E-state index in [9.17, 15) is 0 Å². The van der Waals surface area contributed by atoms with Gasteiger partial charge in [-0.3, -0.25) is 0 Å². The van der Waals surface area contributed by atoms with Crippen molar-refractivity contribution in [2.45, 2.75) is 55.4 Å². The minimum absolute atomic E-state index is 0.447. The summed E-state index contributed by atoms with van der Waals surface area (Å²) in [5.74, 6) is 1.63. The molecule has 0 spiro atoms. The third-order valence-electron chi connectivity index (χ3n) is 12.6. The first kappa shape index (κ1) is 43.0. The molecule has 0 unspecified atom stereocenters. The summed E-state index contributed by atoms with van der Waals surface area (Å²) in [5, 5.41) is 2.13. The summed E-state index contributed by atoms with van der Waals surface area (Å²) in [6.07, 6.45) is 0. The van der Waals surface area contributed by atoms with E-state index in [1.807, 2.05) is 12.1 Å². The number of hydrogen-bond donors (Lipinski definition) is 0. The molecule has 0 amide bonds. The second-order valence-corrected chi connectivity index (χ2v) is 16.3. The van der Waals surface area contributed by atoms with Crippen LogP contribution in [0.1, 0.15) is 44.5 Å². The number of fused-ring (bicyclic) bond motifs is 2. The Bertz CT molecular complexity index is 2510. The van der Waals surface area contributed by atoms with Gasteiger partial charge in [-0.1, -0.05) is 48.5 Å². The van der Waals surface area contributed by atoms with Crippen molar-refractivity contribution in [1.82, 2.24) is 9.97 Å². The molecule has 62 heavy (non-hydrogen) atoms. The molecule has 2 aromatic heterocycles. The van der Waals surface area contributed by atoms with Crippen molar-refractivity contribution < 1.29 is 28.4 Å². The molecule has 0 atom stereocenters. The minimum atomic E-state index is 0.447. The van der Waals surface area contributed by atoms with Crippen LogP contribution in [0.2, 0.25) is 0 Å². The lowest BCUT2D eigenvalue weighted by Gasteiger charge is -2.22. The molecule has 0 aliphatic carbocycles. The largest absolute Gasteiger partial charge is 0.491 e. The molecule has 3 aliphatic heterocycles. The summed E-state index contributed by atoms with van der Waals surface area (Å²) in [7, 11) is 0. The summed E-state index contributed by atoms with van der Waals surface area (Å²) in [6.45, 7) is 22.5. The van der Waals surface area contributed by atoms with Crippen molar-refractivity contribution >= 4 is 21.8 Å². The van der Waals surface area contributed by atoms with Crippen LogP contribution in [0.3, 0.4) is 0 Å². The van der Waals surface area contributed by atoms with Gasteiger partial charge >= 0.3 is 0 Å². The summed E-state index contributed by atoms with van der Waals surface area (Å²) in [6, 6.07) is 29.7. The van der Waals surface area contributed by atoms with Crippen LogP contribution >= 0.6 is 0 Å². The van der Waals surface area contributed by atoms with E-state index in [-0.39, 0.29) is 0 Å². The van der Waals surface area contributed by atoms with Crippen molar-refractivity contribution in [2.75, 3.05) is 66.1 Å². The molecule has 5 heterocycles. The lowest BCUT2D eigenvalue weighted by Crippen LogP contribution is -2.14. The van der Waals surface area contributed by atoms with Crippen molar-refractivity contribution in [3.63, 3.8) is 0 Å². The zero-order valence-corrected chi connectivity index (χ0v) is 37.5. The molecule has 0 N–H and O–H groups in total. The van der Waals surface area contributed by atoms with Gasteiger partial charge < -0.3 is 28.4 Å². The van der Waals surface area contributed by atoms with Gasteiger partial charge in [-0.25, -0.2) is 9.97 Å². The Hall–Kier alpha value is -5.64. The van der Waals surface area contributed by atoms with Crippen molar-refractivity contribution in [2.24, 2.45) is 0 Å². The van der Waals surface area contributed by atoms with Gasteiger partial charge in [0.1, 0.15) is 24.7 Å². The zero-order valence-electron chi connectivity index (χ0n) is 37.5. The molecule has 0 saturated heterocycles. The number of ether oxygens (including phenoxy) is 6. The van der Waals surface area contributed by atoms with E-state index in [0.29, 0.717) is 66.1 Å². The number of rotatable bonds is 0. The zero-order chi connectivity index (χ0) is 43.3. The molecule has 12 bridgehead atoms. The van der Waals surface area contributed by atoms with E-state index in [0.717, 1.165) is 55.8 Å². The Morgan fingerprint density at radius 2 is 0.645 bits per heavy atom. The summed E-state index contributed by atoms with van der Waals surface area (Å²) in [4.78, 5) is 10.9. The molecular weight excluding hydrogens is 773 g/mol. The van der Waals surface area contributed by atoms with E-state index in [1.165, 1.54) is 66.8 Å². The Labute approximate surface area is 366 Å². The third kappa shape index (κ3) is 8.83. The van der Waals surface area contributed by atoms with E-state index in [4.69, 9.17) is 38.4 Å². The van der Waals surface area contributed by atoms with Gasteiger partial charge in [-0.15, -0.1) is 0 Å². The maximum absolute atomic E-state index is 6.15. The highest BCUT2D eigenvalue weighted by Gasteiger charge is 2.22. The lowest BCUT2D eigenvalue weighted by atomic mass is 9.84. The number of pyridine rings is 2. The SMILES string of the molecule is Cc1c(C)c2c(C)c(C)c1-c1cccc(c1)OCCOCCOCCOCCOCCOc1cccc(c1)-c1c(C)c(C)c(c(C)c1C)-c1ccc3ccc4ccc-2nc4c3n1. The van der Waals surface area contributed by atoms with Crippen molar-refractivity contribution in [3.8, 4) is 56.3 Å². The Kier molecular flexibility index (Phi) is 13.3. The van der Waals surface area contributed by atoms with Crippen LogP contribution in [0, 0.1) is 55.4 Å². The van der Waals surface area contributed by atoms with Gasteiger partial charge in [0.05, 0.1) is 75.3 Å². The maximum atomic E-state index is 6.15. The molecule has 8 nitrogen and oxygen atoms in total. The topological polar surface area (TPSA) is 81.2 Å². The Morgan fingerprint density at radius 3 is 1.00 bits per heavy atom. The van der Waals surface area contributed by atoms with Crippen LogP contribution < -0.4 is 9.47 Å². The Balaban J connectivity index is 1.18. The second kappa shape index (κ2) is 19.2. The van der Waals surface area contributed by atoms with Gasteiger partial charge in [0.15, 0.2) is 0 Å². The van der Waals surface area contributed by atoms with Gasteiger partial charge in [-0.2, -0.15) is 0 Å². The Morgan fingerprint density at radius 1 is 0.339 bits per heavy atom. The van der Waals surface area contributed by atoms with E-state index >= 15 is 0 Å². The molecule has 8 heteroatoms. The van der Waals surface area contributed by atoms with E-state index in [1.54, 1.807) is 0 Å². The lowest BCUT2D eigenvalue weighted by molar-refractivity contribution is -0.00698. The standard InChI is InChI=1S/C54H58N2O6/c1-33-37(5)51-38(6)34(2)49(33)43-11-9-13-45(31-43)61-29-27-59-25-23-57-21-22-58-24-26-60-28-30-62-46-14-10-12-44(32-46)50-35(3)39(7)52(40(8)36(50)4)48-20-18-42-16-15-41-17-19-47(51)55-53(41)54(42)56-48/h9-20,31-32H,21-30H2,1-8H3. The molecule has 5 aromatic carbocycles. The van der Waals surface area contributed by atoms with Crippen LogP contribution in [0.5, 0.6) is 11.5 Å². The fraction of sp³-hybridized carbons (Fsp3) is 0.333. The summed E-state index contributed by atoms with van der Waals surface area (Å²) in [5.41, 5.74) is 20.5.